The van der Waals surface area contributed by atoms with E-state index in [0.717, 1.165) is 16.7 Å². The molecular weight excluding hydrogens is 368 g/mol. The molecule has 2 saturated heterocycles. The molecule has 2 N–H and O–H groups in total. The van der Waals surface area contributed by atoms with Crippen LogP contribution in [0.25, 0.3) is 11.1 Å². The molecule has 0 bridgehead atoms. The van der Waals surface area contributed by atoms with E-state index in [1.54, 1.807) is 4.90 Å². The number of hydrogen-bond donors (Lipinski definition) is 2. The Balaban J connectivity index is 1.57. The SMILES string of the molecule is Cc1ccccc1-c1ccccc1C(=O)N1CCC2(CC1)NC(=O)C[C@@H]2C(=O)O. The maximum absolute atomic E-state index is 13.3. The predicted octanol–water partition coefficient (Wildman–Crippen LogP) is 2.86. The number of carbonyl (C=O) groups excluding carboxylic acids is 2. The van der Waals surface area contributed by atoms with Gasteiger partial charge in [0.15, 0.2) is 0 Å². The molecule has 0 aliphatic carbocycles. The lowest BCUT2D eigenvalue weighted by Crippen LogP contribution is -2.56. The molecule has 2 amide bonds. The van der Waals surface area contributed by atoms with Gasteiger partial charge >= 0.3 is 5.97 Å². The van der Waals surface area contributed by atoms with Gasteiger partial charge in [-0.05, 0) is 42.5 Å². The van der Waals surface area contributed by atoms with Gasteiger partial charge in [-0.15, -0.1) is 0 Å². The van der Waals surface area contributed by atoms with E-state index < -0.39 is 17.4 Å². The molecule has 6 nitrogen and oxygen atoms in total. The van der Waals surface area contributed by atoms with Gasteiger partial charge in [-0.2, -0.15) is 0 Å². The van der Waals surface area contributed by atoms with Crippen LogP contribution in [-0.4, -0.2) is 46.4 Å². The standard InChI is InChI=1S/C23H24N2O4/c1-15-6-2-3-7-16(15)17-8-4-5-9-18(17)21(27)25-12-10-23(11-13-25)19(22(28)29)14-20(26)24-23/h2-9,19H,10-14H2,1H3,(H,24,26)(H,28,29)/t19-/m1/s1. The van der Waals surface area contributed by atoms with Gasteiger partial charge in [-0.3, -0.25) is 14.4 Å². The average Bonchev–Trinajstić information content (AvgIpc) is 3.04. The molecule has 2 fully saturated rings. The second-order valence-corrected chi connectivity index (χ2v) is 7.95. The van der Waals surface area contributed by atoms with Crippen LogP contribution in [-0.2, 0) is 9.59 Å². The van der Waals surface area contributed by atoms with Crippen molar-refractivity contribution in [2.24, 2.45) is 5.92 Å². The van der Waals surface area contributed by atoms with Crippen LogP contribution in [0.5, 0.6) is 0 Å². The summed E-state index contributed by atoms with van der Waals surface area (Å²) in [5.74, 6) is -1.96. The van der Waals surface area contributed by atoms with E-state index in [2.05, 4.69) is 5.32 Å². The Morgan fingerprint density at radius 1 is 1.03 bits per heavy atom. The molecule has 2 heterocycles. The number of aryl methyl sites for hydroxylation is 1. The minimum Gasteiger partial charge on any atom is -0.481 e. The highest BCUT2D eigenvalue weighted by molar-refractivity contribution is 6.01. The zero-order valence-corrected chi connectivity index (χ0v) is 16.4. The first-order chi connectivity index (χ1) is 13.9. The number of aliphatic carboxylic acids is 1. The molecule has 2 aliphatic heterocycles. The number of amides is 2. The topological polar surface area (TPSA) is 86.7 Å². The highest BCUT2D eigenvalue weighted by Gasteiger charge is 2.52. The molecular formula is C23H24N2O4. The zero-order chi connectivity index (χ0) is 20.6. The Morgan fingerprint density at radius 3 is 2.31 bits per heavy atom. The Labute approximate surface area is 169 Å². The summed E-state index contributed by atoms with van der Waals surface area (Å²) in [7, 11) is 0. The second-order valence-electron chi connectivity index (χ2n) is 7.95. The van der Waals surface area contributed by atoms with E-state index in [0.29, 0.717) is 31.5 Å². The van der Waals surface area contributed by atoms with Gasteiger partial charge in [0.1, 0.15) is 0 Å². The van der Waals surface area contributed by atoms with Gasteiger partial charge in [0, 0.05) is 25.1 Å². The molecule has 0 radical (unpaired) electrons. The number of carboxylic acid groups (broad SMARTS) is 1. The molecule has 29 heavy (non-hydrogen) atoms. The lowest BCUT2D eigenvalue weighted by atomic mass is 9.77. The molecule has 4 rings (SSSR count). The van der Waals surface area contributed by atoms with E-state index >= 15 is 0 Å². The fraction of sp³-hybridized carbons (Fsp3) is 0.348. The van der Waals surface area contributed by atoms with Crippen LogP contribution in [0.4, 0.5) is 0 Å². The number of nitrogens with one attached hydrogen (secondary N) is 1. The number of carbonyl (C=O) groups is 3. The molecule has 0 saturated carbocycles. The van der Waals surface area contributed by atoms with Crippen molar-refractivity contribution >= 4 is 17.8 Å². The average molecular weight is 392 g/mol. The summed E-state index contributed by atoms with van der Waals surface area (Å²) in [6.45, 7) is 2.87. The van der Waals surface area contributed by atoms with Crippen LogP contribution in [0.3, 0.4) is 0 Å². The lowest BCUT2D eigenvalue weighted by Gasteiger charge is -2.41. The summed E-state index contributed by atoms with van der Waals surface area (Å²) in [5, 5.41) is 12.4. The number of hydrogen-bond acceptors (Lipinski definition) is 3. The number of nitrogens with zero attached hydrogens (tertiary/aromatic N) is 1. The Hall–Kier alpha value is -3.15. The maximum Gasteiger partial charge on any atom is 0.309 e. The summed E-state index contributed by atoms with van der Waals surface area (Å²) in [6.07, 6.45) is 0.918. The quantitative estimate of drug-likeness (QED) is 0.841. The smallest absolute Gasteiger partial charge is 0.309 e. The van der Waals surface area contributed by atoms with Gasteiger partial charge in [-0.1, -0.05) is 42.5 Å². The summed E-state index contributed by atoms with van der Waals surface area (Å²) >= 11 is 0. The van der Waals surface area contributed by atoms with E-state index in [4.69, 9.17) is 0 Å². The van der Waals surface area contributed by atoms with Gasteiger partial charge in [-0.25, -0.2) is 0 Å². The number of benzene rings is 2. The van der Waals surface area contributed by atoms with Gasteiger partial charge in [0.05, 0.1) is 11.5 Å². The van der Waals surface area contributed by atoms with E-state index in [-0.39, 0.29) is 18.2 Å². The predicted molar refractivity (Wildman–Crippen MR) is 108 cm³/mol. The molecule has 2 aliphatic rings. The molecule has 0 unspecified atom stereocenters. The number of piperidine rings is 1. The summed E-state index contributed by atoms with van der Waals surface area (Å²) < 4.78 is 0. The van der Waals surface area contributed by atoms with E-state index in [9.17, 15) is 19.5 Å². The Morgan fingerprint density at radius 2 is 1.66 bits per heavy atom. The van der Waals surface area contributed by atoms with Crippen molar-refractivity contribution in [3.8, 4) is 11.1 Å². The normalized spacial score (nSPS) is 20.5. The zero-order valence-electron chi connectivity index (χ0n) is 16.4. The molecule has 0 aromatic heterocycles. The third-order valence-corrected chi connectivity index (χ3v) is 6.28. The van der Waals surface area contributed by atoms with Crippen molar-refractivity contribution < 1.29 is 19.5 Å². The van der Waals surface area contributed by atoms with E-state index in [1.807, 2.05) is 55.5 Å². The molecule has 1 spiro atoms. The van der Waals surface area contributed by atoms with Crippen molar-refractivity contribution in [3.05, 3.63) is 59.7 Å². The van der Waals surface area contributed by atoms with Crippen LogP contribution >= 0.6 is 0 Å². The first-order valence-corrected chi connectivity index (χ1v) is 9.89. The molecule has 150 valence electrons. The lowest BCUT2D eigenvalue weighted by molar-refractivity contribution is -0.144. The maximum atomic E-state index is 13.3. The van der Waals surface area contributed by atoms with Crippen LogP contribution in [0, 0.1) is 12.8 Å². The van der Waals surface area contributed by atoms with Gasteiger partial charge in [0.2, 0.25) is 5.91 Å². The Bertz CT molecular complexity index is 976. The largest absolute Gasteiger partial charge is 0.481 e. The van der Waals surface area contributed by atoms with Crippen LogP contribution < -0.4 is 5.32 Å². The number of carboxylic acids is 1. The molecule has 6 heteroatoms. The van der Waals surface area contributed by atoms with Crippen molar-refractivity contribution in [1.82, 2.24) is 10.2 Å². The van der Waals surface area contributed by atoms with Crippen molar-refractivity contribution in [2.75, 3.05) is 13.1 Å². The van der Waals surface area contributed by atoms with Gasteiger partial charge in [0.25, 0.3) is 5.91 Å². The second kappa shape index (κ2) is 7.35. The van der Waals surface area contributed by atoms with Crippen LogP contribution in [0.1, 0.15) is 35.2 Å². The third-order valence-electron chi connectivity index (χ3n) is 6.28. The highest BCUT2D eigenvalue weighted by atomic mass is 16.4. The van der Waals surface area contributed by atoms with Crippen molar-refractivity contribution in [1.29, 1.82) is 0 Å². The first kappa shape index (κ1) is 19.2. The monoisotopic (exact) mass is 392 g/mol. The minimum absolute atomic E-state index is 0.0133. The fourth-order valence-electron chi connectivity index (χ4n) is 4.65. The molecule has 2 aromatic carbocycles. The summed E-state index contributed by atoms with van der Waals surface area (Å²) in [6, 6.07) is 15.6. The van der Waals surface area contributed by atoms with Gasteiger partial charge < -0.3 is 15.3 Å². The third kappa shape index (κ3) is 3.39. The van der Waals surface area contributed by atoms with Crippen molar-refractivity contribution in [3.63, 3.8) is 0 Å². The number of likely N-dealkylation sites (tertiary alicyclic amines) is 1. The van der Waals surface area contributed by atoms with Crippen LogP contribution in [0.15, 0.2) is 48.5 Å². The van der Waals surface area contributed by atoms with Crippen LogP contribution in [0.2, 0.25) is 0 Å². The minimum atomic E-state index is -0.951. The van der Waals surface area contributed by atoms with E-state index in [1.165, 1.54) is 0 Å². The number of rotatable bonds is 3. The molecule has 2 aromatic rings. The first-order valence-electron chi connectivity index (χ1n) is 9.89. The summed E-state index contributed by atoms with van der Waals surface area (Å²) in [5.41, 5.74) is 2.92. The Kier molecular flexibility index (Phi) is 4.86. The molecule has 1 atom stereocenters. The fourth-order valence-corrected chi connectivity index (χ4v) is 4.65. The highest BCUT2D eigenvalue weighted by Crippen LogP contribution is 2.37. The van der Waals surface area contributed by atoms with Crippen molar-refractivity contribution in [2.45, 2.75) is 31.7 Å². The summed E-state index contributed by atoms with van der Waals surface area (Å²) in [4.78, 5) is 38.5.